The van der Waals surface area contributed by atoms with E-state index < -0.39 is 17.6 Å². The Morgan fingerprint density at radius 2 is 1.71 bits per heavy atom. The monoisotopic (exact) mass is 476 g/mol. The summed E-state index contributed by atoms with van der Waals surface area (Å²) in [5.74, 6) is 2.19. The SMILES string of the molecule is C[C@@]1(O)CC[C@@]2(C)C(CC[C@@H]3C2CC[C@]2(C)[C@@H](C(=O)COC(=O)C(N)CCCCN)CC[C@@H]32)C1. The number of hydrogen-bond donors (Lipinski definition) is 3. The molecule has 4 aliphatic rings. The number of fused-ring (bicyclic) bond motifs is 5. The van der Waals surface area contributed by atoms with Crippen LogP contribution >= 0.6 is 0 Å². The highest BCUT2D eigenvalue weighted by Gasteiger charge is 2.61. The van der Waals surface area contributed by atoms with Gasteiger partial charge < -0.3 is 21.3 Å². The zero-order valence-electron chi connectivity index (χ0n) is 21.7. The molecule has 9 atom stereocenters. The van der Waals surface area contributed by atoms with Crippen molar-refractivity contribution in [3.63, 3.8) is 0 Å². The molecule has 4 aliphatic carbocycles. The second-order valence-corrected chi connectivity index (χ2v) is 13.0. The lowest BCUT2D eigenvalue weighted by molar-refractivity contribution is -0.157. The Balaban J connectivity index is 1.37. The zero-order valence-corrected chi connectivity index (χ0v) is 21.7. The molecule has 0 saturated heterocycles. The Bertz CT molecular complexity index is 770. The van der Waals surface area contributed by atoms with Gasteiger partial charge in [-0.2, -0.15) is 0 Å². The predicted molar refractivity (Wildman–Crippen MR) is 133 cm³/mol. The van der Waals surface area contributed by atoms with Crippen molar-refractivity contribution < 1.29 is 19.4 Å². The Morgan fingerprint density at radius 1 is 0.971 bits per heavy atom. The van der Waals surface area contributed by atoms with Gasteiger partial charge in [0.1, 0.15) is 12.6 Å². The van der Waals surface area contributed by atoms with E-state index in [1.54, 1.807) is 0 Å². The maximum absolute atomic E-state index is 13.3. The van der Waals surface area contributed by atoms with Crippen molar-refractivity contribution in [3.8, 4) is 0 Å². The van der Waals surface area contributed by atoms with E-state index in [1.165, 1.54) is 19.3 Å². The minimum absolute atomic E-state index is 0.0112. The lowest BCUT2D eigenvalue weighted by Crippen LogP contribution is -2.55. The molecule has 0 aromatic rings. The largest absolute Gasteiger partial charge is 0.457 e. The van der Waals surface area contributed by atoms with Crippen LogP contribution in [-0.4, -0.2) is 41.7 Å². The summed E-state index contributed by atoms with van der Waals surface area (Å²) in [5, 5.41) is 10.7. The van der Waals surface area contributed by atoms with Crippen molar-refractivity contribution in [1.29, 1.82) is 0 Å². The van der Waals surface area contributed by atoms with Crippen LogP contribution < -0.4 is 11.5 Å². The maximum atomic E-state index is 13.3. The van der Waals surface area contributed by atoms with Crippen molar-refractivity contribution in [2.45, 2.75) is 109 Å². The standard InChI is InChI=1S/C28H48N2O4/c1-26(33)13-14-27(2)18(16-26)7-8-19-20-9-10-22(28(20,3)12-11-21(19)27)24(31)17-34-25(32)23(30)6-4-5-15-29/h18-23,33H,4-17,29-30H2,1-3H3/t18?,19-,20-,21?,22+,23?,26+,27-,28-/m0/s1. The highest BCUT2D eigenvalue weighted by molar-refractivity contribution is 5.86. The molecule has 0 bridgehead atoms. The fourth-order valence-corrected chi connectivity index (χ4v) is 8.94. The van der Waals surface area contributed by atoms with Gasteiger partial charge in [-0.15, -0.1) is 0 Å². The van der Waals surface area contributed by atoms with Crippen LogP contribution in [0.1, 0.15) is 97.8 Å². The van der Waals surface area contributed by atoms with Gasteiger partial charge in [-0.25, -0.2) is 0 Å². The summed E-state index contributed by atoms with van der Waals surface area (Å²) in [4.78, 5) is 25.5. The highest BCUT2D eigenvalue weighted by atomic mass is 16.5. The number of esters is 1. The van der Waals surface area contributed by atoms with Crippen molar-refractivity contribution in [3.05, 3.63) is 0 Å². The van der Waals surface area contributed by atoms with E-state index >= 15 is 0 Å². The van der Waals surface area contributed by atoms with Gasteiger partial charge in [0.05, 0.1) is 5.60 Å². The number of nitrogens with two attached hydrogens (primary N) is 2. The zero-order chi connectivity index (χ0) is 24.7. The van der Waals surface area contributed by atoms with Gasteiger partial charge in [0.15, 0.2) is 5.78 Å². The van der Waals surface area contributed by atoms with E-state index in [-0.39, 0.29) is 23.7 Å². The van der Waals surface area contributed by atoms with Crippen molar-refractivity contribution in [1.82, 2.24) is 0 Å². The van der Waals surface area contributed by atoms with Crippen LogP contribution in [0.25, 0.3) is 0 Å². The van der Waals surface area contributed by atoms with Gasteiger partial charge in [-0.1, -0.05) is 20.3 Å². The maximum Gasteiger partial charge on any atom is 0.323 e. The number of hydrogen-bond acceptors (Lipinski definition) is 6. The quantitative estimate of drug-likeness (QED) is 0.361. The number of carbonyl (C=O) groups is 2. The van der Waals surface area contributed by atoms with Gasteiger partial charge in [0.2, 0.25) is 0 Å². The second-order valence-electron chi connectivity index (χ2n) is 13.0. The molecular weight excluding hydrogens is 428 g/mol. The molecule has 0 spiro atoms. The third-order valence-electron chi connectivity index (χ3n) is 11.0. The minimum atomic E-state index is -0.672. The van der Waals surface area contributed by atoms with E-state index in [2.05, 4.69) is 13.8 Å². The topological polar surface area (TPSA) is 116 Å². The highest BCUT2D eigenvalue weighted by Crippen LogP contribution is 2.68. The van der Waals surface area contributed by atoms with E-state index in [0.717, 1.165) is 51.4 Å². The molecule has 0 aliphatic heterocycles. The van der Waals surface area contributed by atoms with Crippen LogP contribution in [0.2, 0.25) is 0 Å². The van der Waals surface area contributed by atoms with Gasteiger partial charge >= 0.3 is 5.97 Å². The summed E-state index contributed by atoms with van der Waals surface area (Å²) < 4.78 is 5.38. The molecule has 4 fully saturated rings. The molecule has 4 rings (SSSR count). The van der Waals surface area contributed by atoms with Crippen LogP contribution in [-0.2, 0) is 14.3 Å². The Kier molecular flexibility index (Phi) is 7.53. The van der Waals surface area contributed by atoms with Crippen molar-refractivity contribution in [2.75, 3.05) is 13.2 Å². The number of rotatable bonds is 8. The summed E-state index contributed by atoms with van der Waals surface area (Å²) in [5.41, 5.74) is 11.3. The average molecular weight is 477 g/mol. The first-order valence-electron chi connectivity index (χ1n) is 13.9. The number of Topliss-reactive ketones (excluding diaryl/α,β-unsaturated/α-hetero) is 1. The Labute approximate surface area is 205 Å². The lowest BCUT2D eigenvalue weighted by atomic mass is 9.44. The van der Waals surface area contributed by atoms with Gasteiger partial charge in [0.25, 0.3) is 0 Å². The Hall–Kier alpha value is -0.980. The van der Waals surface area contributed by atoms with E-state index in [4.69, 9.17) is 16.2 Å². The van der Waals surface area contributed by atoms with Crippen molar-refractivity contribution in [2.24, 2.45) is 51.9 Å². The number of ketones is 1. The molecule has 6 heteroatoms. The summed E-state index contributed by atoms with van der Waals surface area (Å²) in [7, 11) is 0. The first-order valence-corrected chi connectivity index (χ1v) is 13.9. The summed E-state index contributed by atoms with van der Waals surface area (Å²) in [6.07, 6.45) is 11.9. The van der Waals surface area contributed by atoms with E-state index in [0.29, 0.717) is 42.1 Å². The number of carbonyl (C=O) groups excluding carboxylic acids is 2. The third-order valence-corrected chi connectivity index (χ3v) is 11.0. The molecular formula is C28H48N2O4. The normalized spacial score (nSPS) is 44.5. The Morgan fingerprint density at radius 3 is 2.44 bits per heavy atom. The summed E-state index contributed by atoms with van der Waals surface area (Å²) in [6.45, 7) is 7.30. The molecule has 0 aromatic carbocycles. The minimum Gasteiger partial charge on any atom is -0.457 e. The molecule has 5 N–H and O–H groups in total. The summed E-state index contributed by atoms with van der Waals surface area (Å²) >= 11 is 0. The average Bonchev–Trinajstić information content (AvgIpc) is 3.15. The lowest BCUT2D eigenvalue weighted by Gasteiger charge is -2.61. The molecule has 194 valence electrons. The molecule has 4 saturated carbocycles. The number of aliphatic hydroxyl groups is 1. The molecule has 3 unspecified atom stereocenters. The fourth-order valence-electron chi connectivity index (χ4n) is 8.94. The predicted octanol–water partition coefficient (Wildman–Crippen LogP) is 3.96. The molecule has 0 heterocycles. The second kappa shape index (κ2) is 9.82. The van der Waals surface area contributed by atoms with Crippen LogP contribution in [0.5, 0.6) is 0 Å². The molecule has 34 heavy (non-hydrogen) atoms. The van der Waals surface area contributed by atoms with Gasteiger partial charge in [-0.05, 0) is 119 Å². The first kappa shape index (κ1) is 26.1. The fraction of sp³-hybridized carbons (Fsp3) is 0.929. The van der Waals surface area contributed by atoms with Crippen molar-refractivity contribution >= 4 is 11.8 Å². The molecule has 6 nitrogen and oxygen atoms in total. The molecule has 0 aromatic heterocycles. The van der Waals surface area contributed by atoms with Crippen LogP contribution in [0, 0.1) is 40.4 Å². The van der Waals surface area contributed by atoms with E-state index in [9.17, 15) is 14.7 Å². The van der Waals surface area contributed by atoms with Crippen LogP contribution in [0.3, 0.4) is 0 Å². The number of ether oxygens (including phenoxy) is 1. The van der Waals surface area contributed by atoms with Crippen LogP contribution in [0.4, 0.5) is 0 Å². The van der Waals surface area contributed by atoms with Gasteiger partial charge in [-0.3, -0.25) is 9.59 Å². The molecule has 0 amide bonds. The summed E-state index contributed by atoms with van der Waals surface area (Å²) in [6, 6.07) is -0.672. The van der Waals surface area contributed by atoms with Crippen LogP contribution in [0.15, 0.2) is 0 Å². The molecule has 0 radical (unpaired) electrons. The van der Waals surface area contributed by atoms with E-state index in [1.807, 2.05) is 6.92 Å². The smallest absolute Gasteiger partial charge is 0.323 e. The third kappa shape index (κ3) is 4.71. The number of unbranched alkanes of at least 4 members (excludes halogenated alkanes) is 1. The first-order chi connectivity index (χ1) is 16.0. The van der Waals surface area contributed by atoms with Gasteiger partial charge in [0, 0.05) is 5.92 Å².